The van der Waals surface area contributed by atoms with Gasteiger partial charge in [-0.15, -0.1) is 0 Å². The first kappa shape index (κ1) is 18.4. The highest BCUT2D eigenvalue weighted by Crippen LogP contribution is 2.19. The molecule has 0 saturated carbocycles. The Morgan fingerprint density at radius 1 is 1.38 bits per heavy atom. The van der Waals surface area contributed by atoms with Gasteiger partial charge in [0.15, 0.2) is 0 Å². The number of benzene rings is 1. The van der Waals surface area contributed by atoms with E-state index in [9.17, 15) is 13.2 Å². The predicted molar refractivity (Wildman–Crippen MR) is 98.6 cm³/mol. The predicted octanol–water partition coefficient (Wildman–Crippen LogP) is 1.61. The fraction of sp³-hybridized carbons (Fsp3) is 0.471. The first-order valence-corrected chi connectivity index (χ1v) is 10.6. The quantitative estimate of drug-likeness (QED) is 0.854. The van der Waals surface area contributed by atoms with Gasteiger partial charge in [0.25, 0.3) is 0 Å². The van der Waals surface area contributed by atoms with Crippen LogP contribution in [0.15, 0.2) is 36.9 Å². The molecule has 140 valence electrons. The first-order valence-electron chi connectivity index (χ1n) is 8.54. The average molecular weight is 377 g/mol. The molecular weight excluding hydrogens is 354 g/mol. The number of nitrogens with one attached hydrogen (secondary N) is 1. The normalized spacial score (nSPS) is 17.9. The number of likely N-dealkylation sites (tertiary alicyclic amines) is 1. The fourth-order valence-electron chi connectivity index (χ4n) is 3.27. The summed E-state index contributed by atoms with van der Waals surface area (Å²) in [5, 5.41) is 6.98. The number of hydrogen-bond acceptors (Lipinski definition) is 5. The van der Waals surface area contributed by atoms with E-state index < -0.39 is 9.84 Å². The van der Waals surface area contributed by atoms with Gasteiger partial charge in [0.2, 0.25) is 0 Å². The molecule has 1 atom stereocenters. The van der Waals surface area contributed by atoms with Crippen LogP contribution in [0.4, 0.5) is 10.5 Å². The van der Waals surface area contributed by atoms with E-state index in [0.29, 0.717) is 25.3 Å². The molecule has 26 heavy (non-hydrogen) atoms. The summed E-state index contributed by atoms with van der Waals surface area (Å²) in [5.41, 5.74) is 1.71. The molecule has 2 aromatic rings. The van der Waals surface area contributed by atoms with Crippen LogP contribution in [0.2, 0.25) is 0 Å². The molecule has 0 bridgehead atoms. The summed E-state index contributed by atoms with van der Waals surface area (Å²) in [5.74, 6) is 0.132. The number of piperidine rings is 1. The molecule has 1 saturated heterocycles. The molecule has 1 aliphatic heterocycles. The molecule has 1 aromatic heterocycles. The van der Waals surface area contributed by atoms with Crippen LogP contribution in [-0.2, 0) is 16.4 Å². The number of amides is 2. The lowest BCUT2D eigenvalue weighted by Crippen LogP contribution is -2.43. The van der Waals surface area contributed by atoms with E-state index in [4.69, 9.17) is 0 Å². The Bertz CT molecular complexity index is 851. The third-order valence-corrected chi connectivity index (χ3v) is 5.41. The maximum atomic E-state index is 12.5. The molecule has 2 heterocycles. The SMILES string of the molecule is CS(=O)(=O)C[C@@H]1CCCN(C(=O)Nc2cccc(Cn3cncn3)c2)C1. The van der Waals surface area contributed by atoms with Crippen molar-refractivity contribution in [2.45, 2.75) is 19.4 Å². The van der Waals surface area contributed by atoms with Crippen LogP contribution >= 0.6 is 0 Å². The molecule has 0 aliphatic carbocycles. The van der Waals surface area contributed by atoms with Crippen LogP contribution in [0.25, 0.3) is 0 Å². The van der Waals surface area contributed by atoms with E-state index in [1.807, 2.05) is 24.3 Å². The van der Waals surface area contributed by atoms with Crippen molar-refractivity contribution in [3.8, 4) is 0 Å². The minimum atomic E-state index is -3.03. The van der Waals surface area contributed by atoms with Crippen LogP contribution < -0.4 is 5.32 Å². The Morgan fingerprint density at radius 3 is 2.96 bits per heavy atom. The molecule has 3 rings (SSSR count). The van der Waals surface area contributed by atoms with E-state index >= 15 is 0 Å². The Hall–Kier alpha value is -2.42. The molecule has 1 fully saturated rings. The number of nitrogens with zero attached hydrogens (tertiary/aromatic N) is 4. The molecule has 0 radical (unpaired) electrons. The standard InChI is InChI=1S/C17H23N5O3S/c1-26(24,25)11-15-5-3-7-21(9-15)17(23)20-16-6-2-4-14(8-16)10-22-13-18-12-19-22/h2,4,6,8,12-13,15H,3,5,7,9-11H2,1H3,(H,20,23)/t15-/m1/s1. The third kappa shape index (κ3) is 5.29. The van der Waals surface area contributed by atoms with Crippen molar-refractivity contribution >= 4 is 21.6 Å². The molecule has 2 amide bonds. The van der Waals surface area contributed by atoms with Gasteiger partial charge in [-0.1, -0.05) is 12.1 Å². The molecule has 9 heteroatoms. The second-order valence-electron chi connectivity index (χ2n) is 6.77. The summed E-state index contributed by atoms with van der Waals surface area (Å²) < 4.78 is 24.7. The van der Waals surface area contributed by atoms with Crippen molar-refractivity contribution in [2.24, 2.45) is 5.92 Å². The van der Waals surface area contributed by atoms with Crippen LogP contribution in [0.3, 0.4) is 0 Å². The summed E-state index contributed by atoms with van der Waals surface area (Å²) >= 11 is 0. The van der Waals surface area contributed by atoms with Gasteiger partial charge in [-0.05, 0) is 36.5 Å². The largest absolute Gasteiger partial charge is 0.324 e. The van der Waals surface area contributed by atoms with Gasteiger partial charge in [0.1, 0.15) is 22.5 Å². The molecule has 1 N–H and O–H groups in total. The molecule has 1 aromatic carbocycles. The molecule has 8 nitrogen and oxygen atoms in total. The summed E-state index contributed by atoms with van der Waals surface area (Å²) in [7, 11) is -3.03. The van der Waals surface area contributed by atoms with Crippen molar-refractivity contribution in [1.29, 1.82) is 0 Å². The van der Waals surface area contributed by atoms with Gasteiger partial charge in [-0.25, -0.2) is 22.9 Å². The number of rotatable bonds is 5. The van der Waals surface area contributed by atoms with Crippen LogP contribution in [-0.4, -0.2) is 59.2 Å². The van der Waals surface area contributed by atoms with Crippen molar-refractivity contribution in [2.75, 3.05) is 30.4 Å². The highest BCUT2D eigenvalue weighted by Gasteiger charge is 2.26. The average Bonchev–Trinajstić information content (AvgIpc) is 3.07. The zero-order valence-corrected chi connectivity index (χ0v) is 15.5. The number of carbonyl (C=O) groups excluding carboxylic acids is 1. The lowest BCUT2D eigenvalue weighted by atomic mass is 10.0. The van der Waals surface area contributed by atoms with Crippen molar-refractivity contribution in [1.82, 2.24) is 19.7 Å². The minimum Gasteiger partial charge on any atom is -0.324 e. The van der Waals surface area contributed by atoms with E-state index in [0.717, 1.165) is 18.4 Å². The number of urea groups is 1. The summed E-state index contributed by atoms with van der Waals surface area (Å²) in [6.07, 6.45) is 6.02. The molecule has 0 spiro atoms. The van der Waals surface area contributed by atoms with Crippen LogP contribution in [0.1, 0.15) is 18.4 Å². The number of hydrogen-bond donors (Lipinski definition) is 1. The topological polar surface area (TPSA) is 97.2 Å². The minimum absolute atomic E-state index is 0.00292. The lowest BCUT2D eigenvalue weighted by molar-refractivity contribution is 0.183. The van der Waals surface area contributed by atoms with Gasteiger partial charge in [0.05, 0.1) is 12.3 Å². The summed E-state index contributed by atoms with van der Waals surface area (Å²) in [6.45, 7) is 1.69. The highest BCUT2D eigenvalue weighted by molar-refractivity contribution is 7.90. The second-order valence-corrected chi connectivity index (χ2v) is 8.96. The third-order valence-electron chi connectivity index (χ3n) is 4.33. The molecule has 0 unspecified atom stereocenters. The highest BCUT2D eigenvalue weighted by atomic mass is 32.2. The van der Waals surface area contributed by atoms with E-state index in [1.54, 1.807) is 15.9 Å². The van der Waals surface area contributed by atoms with Crippen LogP contribution in [0.5, 0.6) is 0 Å². The number of aromatic nitrogens is 3. The summed E-state index contributed by atoms with van der Waals surface area (Å²) in [6, 6.07) is 7.38. The van der Waals surface area contributed by atoms with Crippen molar-refractivity contribution in [3.63, 3.8) is 0 Å². The van der Waals surface area contributed by atoms with Crippen molar-refractivity contribution < 1.29 is 13.2 Å². The smallest absolute Gasteiger partial charge is 0.321 e. The van der Waals surface area contributed by atoms with E-state index in [2.05, 4.69) is 15.4 Å². The van der Waals surface area contributed by atoms with Gasteiger partial charge >= 0.3 is 6.03 Å². The summed E-state index contributed by atoms with van der Waals surface area (Å²) in [4.78, 5) is 18.2. The first-order chi connectivity index (χ1) is 12.4. The maximum Gasteiger partial charge on any atom is 0.321 e. The lowest BCUT2D eigenvalue weighted by Gasteiger charge is -2.32. The van der Waals surface area contributed by atoms with Gasteiger partial charge in [-0.3, -0.25) is 0 Å². The zero-order valence-electron chi connectivity index (χ0n) is 14.7. The number of carbonyl (C=O) groups is 1. The van der Waals surface area contributed by atoms with Gasteiger partial charge in [0, 0.05) is 25.0 Å². The Morgan fingerprint density at radius 2 is 2.23 bits per heavy atom. The van der Waals surface area contributed by atoms with E-state index in [1.165, 1.54) is 12.6 Å². The fourth-order valence-corrected chi connectivity index (χ4v) is 4.39. The maximum absolute atomic E-state index is 12.5. The zero-order chi connectivity index (χ0) is 18.6. The van der Waals surface area contributed by atoms with Gasteiger partial charge < -0.3 is 10.2 Å². The van der Waals surface area contributed by atoms with Gasteiger partial charge in [-0.2, -0.15) is 5.10 Å². The Kier molecular flexibility index (Phi) is 5.55. The van der Waals surface area contributed by atoms with Crippen LogP contribution in [0, 0.1) is 5.92 Å². The number of anilines is 1. The second kappa shape index (κ2) is 7.86. The Balaban J connectivity index is 1.60. The molecule has 1 aliphatic rings. The molecular formula is C17H23N5O3S. The van der Waals surface area contributed by atoms with Crippen molar-refractivity contribution in [3.05, 3.63) is 42.5 Å². The number of sulfone groups is 1. The Labute approximate surface area is 153 Å². The monoisotopic (exact) mass is 377 g/mol. The van der Waals surface area contributed by atoms with E-state index in [-0.39, 0.29) is 17.7 Å².